The lowest BCUT2D eigenvalue weighted by atomic mass is 9.85. The van der Waals surface area contributed by atoms with E-state index in [2.05, 4.69) is 10.6 Å². The summed E-state index contributed by atoms with van der Waals surface area (Å²) < 4.78 is 12.8. The molecule has 3 N–H and O–H groups in total. The van der Waals surface area contributed by atoms with E-state index in [9.17, 15) is 19.1 Å². The second-order valence-electron chi connectivity index (χ2n) is 5.27. The average molecular weight is 294 g/mol. The molecule has 0 spiro atoms. The molecule has 0 heterocycles. The van der Waals surface area contributed by atoms with Crippen molar-refractivity contribution in [3.63, 3.8) is 0 Å². The lowest BCUT2D eigenvalue weighted by Crippen LogP contribution is -2.47. The smallest absolute Gasteiger partial charge is 0.313 e. The third kappa shape index (κ3) is 4.26. The van der Waals surface area contributed by atoms with Crippen molar-refractivity contribution in [1.29, 1.82) is 0 Å². The lowest BCUT2D eigenvalue weighted by molar-refractivity contribution is -0.137. The van der Waals surface area contributed by atoms with Crippen LogP contribution in [0.4, 0.5) is 10.1 Å². The number of carbonyl (C=O) groups excluding carboxylic acids is 2. The van der Waals surface area contributed by atoms with E-state index in [1.807, 2.05) is 0 Å². The number of carbonyl (C=O) groups is 2. The molecule has 2 rings (SSSR count). The van der Waals surface area contributed by atoms with Crippen molar-refractivity contribution < 1.29 is 19.1 Å². The van der Waals surface area contributed by atoms with Crippen LogP contribution in [0.2, 0.25) is 0 Å². The van der Waals surface area contributed by atoms with E-state index >= 15 is 0 Å². The van der Waals surface area contributed by atoms with Gasteiger partial charge in [-0.3, -0.25) is 9.59 Å². The minimum absolute atomic E-state index is 0.00122. The molecule has 2 atom stereocenters. The van der Waals surface area contributed by atoms with Gasteiger partial charge in [-0.15, -0.1) is 0 Å². The second-order valence-corrected chi connectivity index (χ2v) is 5.27. The lowest BCUT2D eigenvalue weighted by Gasteiger charge is -2.30. The molecule has 1 aromatic rings. The van der Waals surface area contributed by atoms with Crippen molar-refractivity contribution in [3.8, 4) is 0 Å². The summed E-state index contributed by atoms with van der Waals surface area (Å²) in [6.07, 6.45) is 3.61. The maximum Gasteiger partial charge on any atom is 0.313 e. The van der Waals surface area contributed by atoms with Crippen molar-refractivity contribution in [1.82, 2.24) is 5.32 Å². The van der Waals surface area contributed by atoms with Gasteiger partial charge in [-0.25, -0.2) is 4.39 Å². The Kier molecular flexibility index (Phi) is 5.27. The molecule has 0 aliphatic heterocycles. The fourth-order valence-corrected chi connectivity index (χ4v) is 2.57. The van der Waals surface area contributed by atoms with Gasteiger partial charge in [-0.1, -0.05) is 12.8 Å². The van der Waals surface area contributed by atoms with Crippen LogP contribution in [0.5, 0.6) is 0 Å². The molecule has 1 fully saturated rings. The molecule has 0 radical (unpaired) electrons. The number of aliphatic hydroxyl groups excluding tert-OH is 1. The number of anilines is 1. The molecule has 5 nitrogen and oxygen atoms in total. The summed E-state index contributed by atoms with van der Waals surface area (Å²) in [5.41, 5.74) is 0.360. The summed E-state index contributed by atoms with van der Waals surface area (Å²) in [5, 5.41) is 14.4. The quantitative estimate of drug-likeness (QED) is 0.738. The first-order chi connectivity index (χ1) is 10.1. The van der Waals surface area contributed by atoms with Gasteiger partial charge in [0.05, 0.1) is 0 Å². The van der Waals surface area contributed by atoms with Crippen molar-refractivity contribution in [2.24, 2.45) is 5.92 Å². The Balaban J connectivity index is 1.90. The number of amides is 2. The Bertz CT molecular complexity index is 504. The molecule has 0 aromatic heterocycles. The van der Waals surface area contributed by atoms with Crippen molar-refractivity contribution >= 4 is 17.5 Å². The molecule has 0 saturated heterocycles. The van der Waals surface area contributed by atoms with E-state index in [0.29, 0.717) is 5.69 Å². The van der Waals surface area contributed by atoms with Crippen LogP contribution < -0.4 is 10.6 Å². The van der Waals surface area contributed by atoms with Gasteiger partial charge in [0.2, 0.25) is 0 Å². The molecular weight excluding hydrogens is 275 g/mol. The Morgan fingerprint density at radius 2 is 1.81 bits per heavy atom. The summed E-state index contributed by atoms with van der Waals surface area (Å²) in [7, 11) is 0. The van der Waals surface area contributed by atoms with Crippen LogP contribution in [0.1, 0.15) is 25.7 Å². The zero-order chi connectivity index (χ0) is 15.2. The van der Waals surface area contributed by atoms with Crippen molar-refractivity contribution in [3.05, 3.63) is 30.1 Å². The topological polar surface area (TPSA) is 78.4 Å². The highest BCUT2D eigenvalue weighted by Gasteiger charge is 2.27. The largest absolute Gasteiger partial charge is 0.396 e. The summed E-state index contributed by atoms with van der Waals surface area (Å²) in [4.78, 5) is 23.7. The van der Waals surface area contributed by atoms with Gasteiger partial charge in [0.1, 0.15) is 5.82 Å². The predicted octanol–water partition coefficient (Wildman–Crippen LogP) is 1.43. The molecule has 1 aliphatic rings. The molecule has 0 bridgehead atoms. The molecule has 2 unspecified atom stereocenters. The molecule has 1 aliphatic carbocycles. The summed E-state index contributed by atoms with van der Waals surface area (Å²) in [5.74, 6) is -1.93. The highest BCUT2D eigenvalue weighted by atomic mass is 19.1. The minimum Gasteiger partial charge on any atom is -0.396 e. The molecule has 1 aromatic carbocycles. The van der Waals surface area contributed by atoms with Crippen LogP contribution in [-0.2, 0) is 9.59 Å². The van der Waals surface area contributed by atoms with E-state index in [1.54, 1.807) is 0 Å². The summed E-state index contributed by atoms with van der Waals surface area (Å²) in [6, 6.07) is 5.01. The van der Waals surface area contributed by atoms with Gasteiger partial charge in [-0.2, -0.15) is 0 Å². The predicted molar refractivity (Wildman–Crippen MR) is 76.0 cm³/mol. The Hall–Kier alpha value is -1.95. The van der Waals surface area contributed by atoms with Crippen LogP contribution in [0, 0.1) is 11.7 Å². The van der Waals surface area contributed by atoms with E-state index < -0.39 is 17.6 Å². The first kappa shape index (κ1) is 15.4. The number of aliphatic hydroxyl groups is 1. The Morgan fingerprint density at radius 3 is 2.48 bits per heavy atom. The number of rotatable bonds is 3. The number of halogens is 1. The average Bonchev–Trinajstić information content (AvgIpc) is 2.50. The van der Waals surface area contributed by atoms with E-state index in [4.69, 9.17) is 0 Å². The normalized spacial score (nSPS) is 21.6. The van der Waals surface area contributed by atoms with E-state index in [1.165, 1.54) is 24.3 Å². The first-order valence-electron chi connectivity index (χ1n) is 7.08. The second kappa shape index (κ2) is 7.17. The van der Waals surface area contributed by atoms with Crippen LogP contribution in [0.3, 0.4) is 0 Å². The monoisotopic (exact) mass is 294 g/mol. The SMILES string of the molecule is O=C(Nc1ccc(F)cc1)C(=O)NC1CCCCC1CO. The standard InChI is InChI=1S/C15H19FN2O3/c16-11-5-7-12(8-6-11)17-14(20)15(21)18-13-4-2-1-3-10(13)9-19/h5-8,10,13,19H,1-4,9H2,(H,17,20)(H,18,21). The van der Waals surface area contributed by atoms with Gasteiger partial charge < -0.3 is 15.7 Å². The van der Waals surface area contributed by atoms with Gasteiger partial charge >= 0.3 is 11.8 Å². The van der Waals surface area contributed by atoms with E-state index in [-0.39, 0.29) is 18.6 Å². The maximum absolute atomic E-state index is 12.8. The van der Waals surface area contributed by atoms with Crippen LogP contribution in [-0.4, -0.2) is 29.6 Å². The molecule has 2 amide bonds. The Labute approximate surface area is 122 Å². The fourth-order valence-electron chi connectivity index (χ4n) is 2.57. The molecule has 114 valence electrons. The first-order valence-corrected chi connectivity index (χ1v) is 7.08. The number of benzene rings is 1. The van der Waals surface area contributed by atoms with Gasteiger partial charge in [0.25, 0.3) is 0 Å². The molecule has 21 heavy (non-hydrogen) atoms. The third-order valence-corrected chi connectivity index (χ3v) is 3.77. The highest BCUT2D eigenvalue weighted by Crippen LogP contribution is 2.23. The highest BCUT2D eigenvalue weighted by molar-refractivity contribution is 6.39. The third-order valence-electron chi connectivity index (χ3n) is 3.77. The van der Waals surface area contributed by atoms with Crippen LogP contribution in [0.15, 0.2) is 24.3 Å². The molecule has 6 heteroatoms. The summed E-state index contributed by atoms with van der Waals surface area (Å²) in [6.45, 7) is 0.00449. The minimum atomic E-state index is -0.788. The summed E-state index contributed by atoms with van der Waals surface area (Å²) >= 11 is 0. The van der Waals surface area contributed by atoms with Crippen molar-refractivity contribution in [2.45, 2.75) is 31.7 Å². The zero-order valence-corrected chi connectivity index (χ0v) is 11.6. The van der Waals surface area contributed by atoms with E-state index in [0.717, 1.165) is 25.7 Å². The van der Waals surface area contributed by atoms with Crippen LogP contribution >= 0.6 is 0 Å². The van der Waals surface area contributed by atoms with Gasteiger partial charge in [-0.05, 0) is 37.1 Å². The molecule has 1 saturated carbocycles. The molecular formula is C15H19FN2O3. The number of hydrogen-bond acceptors (Lipinski definition) is 3. The van der Waals surface area contributed by atoms with Gasteiger partial charge in [0, 0.05) is 24.3 Å². The van der Waals surface area contributed by atoms with Crippen LogP contribution in [0.25, 0.3) is 0 Å². The maximum atomic E-state index is 12.8. The Morgan fingerprint density at radius 1 is 1.14 bits per heavy atom. The number of hydrogen-bond donors (Lipinski definition) is 3. The van der Waals surface area contributed by atoms with Crippen molar-refractivity contribution in [2.75, 3.05) is 11.9 Å². The van der Waals surface area contributed by atoms with Gasteiger partial charge in [0.15, 0.2) is 0 Å². The zero-order valence-electron chi connectivity index (χ0n) is 11.6. The number of nitrogens with one attached hydrogen (secondary N) is 2. The fraction of sp³-hybridized carbons (Fsp3) is 0.467.